The topological polar surface area (TPSA) is 49.4 Å². The van der Waals surface area contributed by atoms with E-state index in [4.69, 9.17) is 23.2 Å². The highest BCUT2D eigenvalue weighted by Crippen LogP contribution is 2.38. The van der Waals surface area contributed by atoms with Crippen LogP contribution in [0.5, 0.6) is 0 Å². The quantitative estimate of drug-likeness (QED) is 0.891. The molecule has 1 N–H and O–H groups in total. The SMILES string of the molecule is O=C(NCCc1ccc(Cl)cc1Cl)c1cc2c3c(c1)CC(=O)N3CC2. The lowest BCUT2D eigenvalue weighted by atomic mass is 10.0. The van der Waals surface area contributed by atoms with Crippen molar-refractivity contribution in [3.63, 3.8) is 0 Å². The molecule has 0 unspecified atom stereocenters. The van der Waals surface area contributed by atoms with E-state index in [0.717, 1.165) is 35.3 Å². The lowest BCUT2D eigenvalue weighted by molar-refractivity contribution is -0.117. The van der Waals surface area contributed by atoms with Crippen LogP contribution < -0.4 is 10.2 Å². The molecular weight excluding hydrogens is 359 g/mol. The molecule has 0 aromatic heterocycles. The molecular formula is C19H16Cl2N2O2. The Kier molecular flexibility index (Phi) is 4.18. The molecule has 2 heterocycles. The largest absolute Gasteiger partial charge is 0.352 e. The van der Waals surface area contributed by atoms with Gasteiger partial charge in [-0.25, -0.2) is 0 Å². The molecule has 2 amide bonds. The number of halogens is 2. The van der Waals surface area contributed by atoms with Gasteiger partial charge in [0.05, 0.1) is 12.1 Å². The first-order valence-electron chi connectivity index (χ1n) is 8.21. The van der Waals surface area contributed by atoms with E-state index in [2.05, 4.69) is 5.32 Å². The average Bonchev–Trinajstić information content (AvgIpc) is 3.14. The van der Waals surface area contributed by atoms with Gasteiger partial charge in [-0.2, -0.15) is 0 Å². The van der Waals surface area contributed by atoms with Gasteiger partial charge in [0, 0.05) is 28.7 Å². The number of rotatable bonds is 4. The Hall–Kier alpha value is -2.04. The first kappa shape index (κ1) is 16.4. The van der Waals surface area contributed by atoms with E-state index in [1.165, 1.54) is 0 Å². The molecule has 4 nitrogen and oxygen atoms in total. The summed E-state index contributed by atoms with van der Waals surface area (Å²) in [7, 11) is 0. The summed E-state index contributed by atoms with van der Waals surface area (Å²) in [5.74, 6) is 0.00521. The van der Waals surface area contributed by atoms with Crippen molar-refractivity contribution in [2.24, 2.45) is 0 Å². The summed E-state index contributed by atoms with van der Waals surface area (Å²) in [5.41, 5.74) is 4.64. The van der Waals surface area contributed by atoms with E-state index in [1.807, 2.05) is 23.1 Å². The third kappa shape index (κ3) is 3.00. The van der Waals surface area contributed by atoms with E-state index in [-0.39, 0.29) is 11.8 Å². The minimum absolute atomic E-state index is 0.123. The second-order valence-electron chi connectivity index (χ2n) is 6.36. The van der Waals surface area contributed by atoms with Crippen molar-refractivity contribution in [3.8, 4) is 0 Å². The summed E-state index contributed by atoms with van der Waals surface area (Å²) in [6.45, 7) is 1.21. The van der Waals surface area contributed by atoms with Gasteiger partial charge in [-0.15, -0.1) is 0 Å². The minimum atomic E-state index is -0.123. The van der Waals surface area contributed by atoms with Crippen LogP contribution in [-0.4, -0.2) is 24.9 Å². The van der Waals surface area contributed by atoms with Gasteiger partial charge in [-0.05, 0) is 53.8 Å². The van der Waals surface area contributed by atoms with Crippen LogP contribution in [0.1, 0.15) is 27.0 Å². The molecule has 2 aliphatic heterocycles. The fraction of sp³-hybridized carbons (Fsp3) is 0.263. The third-order valence-electron chi connectivity index (χ3n) is 4.74. The smallest absolute Gasteiger partial charge is 0.251 e. The molecule has 128 valence electrons. The van der Waals surface area contributed by atoms with E-state index < -0.39 is 0 Å². The van der Waals surface area contributed by atoms with Crippen LogP contribution in [0.4, 0.5) is 5.69 Å². The van der Waals surface area contributed by atoms with E-state index >= 15 is 0 Å². The van der Waals surface area contributed by atoms with Crippen molar-refractivity contribution in [2.75, 3.05) is 18.0 Å². The second-order valence-corrected chi connectivity index (χ2v) is 7.20. The molecule has 0 bridgehead atoms. The maximum atomic E-state index is 12.5. The first-order valence-corrected chi connectivity index (χ1v) is 8.97. The van der Waals surface area contributed by atoms with Crippen LogP contribution in [0.15, 0.2) is 30.3 Å². The highest BCUT2D eigenvalue weighted by Gasteiger charge is 2.34. The fourth-order valence-electron chi connectivity index (χ4n) is 3.55. The maximum Gasteiger partial charge on any atom is 0.251 e. The summed E-state index contributed by atoms with van der Waals surface area (Å²) in [4.78, 5) is 26.3. The molecule has 0 spiro atoms. The Morgan fingerprint density at radius 2 is 1.96 bits per heavy atom. The molecule has 2 aromatic carbocycles. The van der Waals surface area contributed by atoms with Crippen LogP contribution >= 0.6 is 23.2 Å². The molecule has 25 heavy (non-hydrogen) atoms. The number of amides is 2. The van der Waals surface area contributed by atoms with Crippen molar-refractivity contribution >= 4 is 40.7 Å². The fourth-order valence-corrected chi connectivity index (χ4v) is 4.06. The zero-order chi connectivity index (χ0) is 17.6. The van der Waals surface area contributed by atoms with E-state index in [9.17, 15) is 9.59 Å². The highest BCUT2D eigenvalue weighted by molar-refractivity contribution is 6.35. The Morgan fingerprint density at radius 3 is 2.76 bits per heavy atom. The van der Waals surface area contributed by atoms with Crippen LogP contribution in [-0.2, 0) is 24.1 Å². The Labute approximate surface area is 155 Å². The summed E-state index contributed by atoms with van der Waals surface area (Å²) in [6, 6.07) is 9.10. The molecule has 6 heteroatoms. The summed E-state index contributed by atoms with van der Waals surface area (Å²) < 4.78 is 0. The molecule has 0 atom stereocenters. The van der Waals surface area contributed by atoms with Crippen LogP contribution in [0, 0.1) is 0 Å². The monoisotopic (exact) mass is 374 g/mol. The van der Waals surface area contributed by atoms with Crippen LogP contribution in [0.2, 0.25) is 10.0 Å². The Bertz CT molecular complexity index is 895. The zero-order valence-corrected chi connectivity index (χ0v) is 15.0. The number of anilines is 1. The average molecular weight is 375 g/mol. The van der Waals surface area contributed by atoms with Gasteiger partial charge in [0.25, 0.3) is 5.91 Å². The van der Waals surface area contributed by atoms with Crippen molar-refractivity contribution in [1.29, 1.82) is 0 Å². The van der Waals surface area contributed by atoms with Crippen molar-refractivity contribution in [1.82, 2.24) is 5.32 Å². The lowest BCUT2D eigenvalue weighted by Gasteiger charge is -2.11. The summed E-state index contributed by atoms with van der Waals surface area (Å²) >= 11 is 12.0. The number of nitrogens with one attached hydrogen (secondary N) is 1. The van der Waals surface area contributed by atoms with Gasteiger partial charge >= 0.3 is 0 Å². The number of hydrogen-bond donors (Lipinski definition) is 1. The van der Waals surface area contributed by atoms with E-state index in [1.54, 1.807) is 12.1 Å². The molecule has 0 fully saturated rings. The van der Waals surface area contributed by atoms with Gasteiger partial charge in [0.1, 0.15) is 0 Å². The normalized spacial score (nSPS) is 14.8. The van der Waals surface area contributed by atoms with Gasteiger partial charge in [-0.3, -0.25) is 9.59 Å². The van der Waals surface area contributed by atoms with Crippen LogP contribution in [0.3, 0.4) is 0 Å². The van der Waals surface area contributed by atoms with Crippen molar-refractivity contribution in [2.45, 2.75) is 19.3 Å². The number of hydrogen-bond acceptors (Lipinski definition) is 2. The van der Waals surface area contributed by atoms with E-state index in [0.29, 0.717) is 35.0 Å². The number of carbonyl (C=O) groups is 2. The lowest BCUT2D eigenvalue weighted by Crippen LogP contribution is -2.26. The maximum absolute atomic E-state index is 12.5. The molecule has 2 aliphatic rings. The van der Waals surface area contributed by atoms with Gasteiger partial charge in [-0.1, -0.05) is 29.3 Å². The first-order chi connectivity index (χ1) is 12.0. The standard InChI is InChI=1S/C19H16Cl2N2O2/c20-15-2-1-11(16(21)10-15)3-5-22-19(25)14-7-12-4-6-23-17(24)9-13(8-14)18(12)23/h1-2,7-8,10H,3-6,9H2,(H,22,25). The minimum Gasteiger partial charge on any atom is -0.352 e. The van der Waals surface area contributed by atoms with Crippen molar-refractivity contribution < 1.29 is 9.59 Å². The summed E-state index contributed by atoms with van der Waals surface area (Å²) in [6.07, 6.45) is 1.84. The van der Waals surface area contributed by atoms with Crippen molar-refractivity contribution in [3.05, 3.63) is 62.6 Å². The molecule has 0 saturated carbocycles. The van der Waals surface area contributed by atoms with Gasteiger partial charge in [0.2, 0.25) is 5.91 Å². The molecule has 0 aliphatic carbocycles. The predicted octanol–water partition coefficient (Wildman–Crippen LogP) is 3.41. The number of carbonyl (C=O) groups excluding carboxylic acids is 2. The summed E-state index contributed by atoms with van der Waals surface area (Å²) in [5, 5.41) is 4.13. The highest BCUT2D eigenvalue weighted by atomic mass is 35.5. The molecule has 2 aromatic rings. The third-order valence-corrected chi connectivity index (χ3v) is 5.33. The van der Waals surface area contributed by atoms with Gasteiger partial charge in [0.15, 0.2) is 0 Å². The molecule has 0 saturated heterocycles. The number of benzene rings is 2. The predicted molar refractivity (Wildman–Crippen MR) is 98.7 cm³/mol. The molecule has 4 rings (SSSR count). The Morgan fingerprint density at radius 1 is 1.16 bits per heavy atom. The zero-order valence-electron chi connectivity index (χ0n) is 13.4. The number of nitrogens with zero attached hydrogens (tertiary/aromatic N) is 1. The molecule has 0 radical (unpaired) electrons. The van der Waals surface area contributed by atoms with Crippen LogP contribution in [0.25, 0.3) is 0 Å². The Balaban J connectivity index is 1.44. The second kappa shape index (κ2) is 6.36. The van der Waals surface area contributed by atoms with Gasteiger partial charge < -0.3 is 10.2 Å².